The maximum absolute atomic E-state index is 13.0. The summed E-state index contributed by atoms with van der Waals surface area (Å²) < 4.78 is 49.5. The van der Waals surface area contributed by atoms with E-state index in [1.807, 2.05) is 0 Å². The van der Waals surface area contributed by atoms with E-state index in [0.717, 1.165) is 12.1 Å². The maximum atomic E-state index is 13.0. The Labute approximate surface area is 184 Å². The lowest BCUT2D eigenvalue weighted by molar-refractivity contribution is -0.149. The molecule has 1 amide bonds. The topological polar surface area (TPSA) is 90.4 Å². The van der Waals surface area contributed by atoms with Crippen molar-refractivity contribution in [1.29, 1.82) is 0 Å². The van der Waals surface area contributed by atoms with Gasteiger partial charge in [-0.2, -0.15) is 13.2 Å². The van der Waals surface area contributed by atoms with E-state index in [0.29, 0.717) is 17.5 Å². The van der Waals surface area contributed by atoms with Crippen LogP contribution in [-0.2, 0) is 26.9 Å². The Morgan fingerprint density at radius 3 is 2.31 bits per heavy atom. The van der Waals surface area contributed by atoms with Crippen molar-refractivity contribution in [3.05, 3.63) is 59.2 Å². The fraction of sp³-hybridized carbons (Fsp3) is 0.455. The molecule has 0 saturated carbocycles. The molecule has 1 aromatic carbocycles. The third kappa shape index (κ3) is 7.21. The van der Waals surface area contributed by atoms with Gasteiger partial charge in [-0.3, -0.25) is 4.79 Å². The minimum absolute atomic E-state index is 0.125. The van der Waals surface area contributed by atoms with Gasteiger partial charge in [-0.15, -0.1) is 0 Å². The highest BCUT2D eigenvalue weighted by Gasteiger charge is 2.31. The van der Waals surface area contributed by atoms with E-state index in [2.05, 4.69) is 15.3 Å². The second-order valence-electron chi connectivity index (χ2n) is 7.37. The number of carbonyl (C=O) groups is 2. The monoisotopic (exact) mass is 453 g/mol. The van der Waals surface area contributed by atoms with Crippen molar-refractivity contribution in [3.8, 4) is 0 Å². The molecule has 32 heavy (non-hydrogen) atoms. The van der Waals surface area contributed by atoms with Crippen molar-refractivity contribution in [2.24, 2.45) is 0 Å². The molecule has 2 atom stereocenters. The van der Waals surface area contributed by atoms with Crippen LogP contribution < -0.4 is 5.32 Å². The number of ether oxygens (including phenoxy) is 2. The van der Waals surface area contributed by atoms with E-state index in [4.69, 9.17) is 9.47 Å². The van der Waals surface area contributed by atoms with Crippen molar-refractivity contribution in [2.75, 3.05) is 0 Å². The molecule has 2 rings (SSSR count). The lowest BCUT2D eigenvalue weighted by atomic mass is 9.97. The minimum Gasteiger partial charge on any atom is -0.463 e. The molecule has 1 N–H and O–H groups in total. The number of hydrogen-bond donors (Lipinski definition) is 1. The molecule has 0 radical (unpaired) electrons. The molecule has 0 bridgehead atoms. The van der Waals surface area contributed by atoms with E-state index >= 15 is 0 Å². The van der Waals surface area contributed by atoms with Crippen molar-refractivity contribution in [1.82, 2.24) is 15.3 Å². The fourth-order valence-electron chi connectivity index (χ4n) is 3.05. The molecule has 0 saturated heterocycles. The van der Waals surface area contributed by atoms with E-state index in [1.165, 1.54) is 18.5 Å². The number of alkyl carbamates (subject to hydrolysis) is 1. The number of nitrogens with one attached hydrogen (secondary N) is 1. The zero-order chi connectivity index (χ0) is 23.9. The first-order valence-electron chi connectivity index (χ1n) is 10.1. The van der Waals surface area contributed by atoms with Crippen molar-refractivity contribution < 1.29 is 32.2 Å². The number of amides is 1. The molecule has 7 nitrogen and oxygen atoms in total. The van der Waals surface area contributed by atoms with Crippen LogP contribution in [0.25, 0.3) is 0 Å². The van der Waals surface area contributed by atoms with Crippen LogP contribution in [0.5, 0.6) is 0 Å². The Bertz CT molecular complexity index is 920. The third-order valence-electron chi connectivity index (χ3n) is 4.49. The number of nitrogens with zero attached hydrogens (tertiary/aromatic N) is 2. The summed E-state index contributed by atoms with van der Waals surface area (Å²) in [5, 5.41) is 2.59. The molecule has 1 heterocycles. The number of benzene rings is 1. The Morgan fingerprint density at radius 1 is 1.09 bits per heavy atom. The van der Waals surface area contributed by atoms with Crippen molar-refractivity contribution >= 4 is 12.1 Å². The Morgan fingerprint density at radius 2 is 1.75 bits per heavy atom. The van der Waals surface area contributed by atoms with Gasteiger partial charge in [0.1, 0.15) is 0 Å². The quantitative estimate of drug-likeness (QED) is 0.570. The van der Waals surface area contributed by atoms with Gasteiger partial charge in [0.15, 0.2) is 11.9 Å². The number of esters is 1. The van der Waals surface area contributed by atoms with E-state index in [1.54, 1.807) is 33.8 Å². The second kappa shape index (κ2) is 10.9. The first-order valence-corrected chi connectivity index (χ1v) is 10.1. The molecule has 0 aliphatic carbocycles. The molecular formula is C22H26F3N3O4. The number of aromatic nitrogens is 2. The Kier molecular flexibility index (Phi) is 8.56. The molecule has 2 aromatic rings. The maximum Gasteiger partial charge on any atom is 0.416 e. The molecule has 0 aliphatic heterocycles. The minimum atomic E-state index is -4.45. The van der Waals surface area contributed by atoms with E-state index in [9.17, 15) is 22.8 Å². The van der Waals surface area contributed by atoms with Crippen LogP contribution in [0.15, 0.2) is 36.7 Å². The van der Waals surface area contributed by atoms with Gasteiger partial charge in [0, 0.05) is 12.4 Å². The lowest BCUT2D eigenvalue weighted by Crippen LogP contribution is -2.30. The molecule has 10 heteroatoms. The zero-order valence-electron chi connectivity index (χ0n) is 18.3. The predicted octanol–water partition coefficient (Wildman–Crippen LogP) is 4.93. The molecule has 2 unspecified atom stereocenters. The van der Waals surface area contributed by atoms with Crippen LogP contribution in [-0.4, -0.2) is 28.1 Å². The number of halogens is 3. The van der Waals surface area contributed by atoms with Gasteiger partial charge in [-0.1, -0.05) is 13.0 Å². The fourth-order valence-corrected chi connectivity index (χ4v) is 3.05. The van der Waals surface area contributed by atoms with Gasteiger partial charge in [-0.25, -0.2) is 14.8 Å². The summed E-state index contributed by atoms with van der Waals surface area (Å²) >= 11 is 0. The van der Waals surface area contributed by atoms with E-state index in [-0.39, 0.29) is 18.3 Å². The summed E-state index contributed by atoms with van der Waals surface area (Å²) in [5.74, 6) is -0.464. The van der Waals surface area contributed by atoms with Crippen LogP contribution in [0.2, 0.25) is 0 Å². The number of rotatable bonds is 8. The van der Waals surface area contributed by atoms with Crippen LogP contribution in [0.1, 0.15) is 68.8 Å². The van der Waals surface area contributed by atoms with Crippen LogP contribution >= 0.6 is 0 Å². The Balaban J connectivity index is 2.14. The smallest absolute Gasteiger partial charge is 0.416 e. The predicted molar refractivity (Wildman–Crippen MR) is 109 cm³/mol. The molecule has 0 aliphatic rings. The average molecular weight is 453 g/mol. The summed E-state index contributed by atoms with van der Waals surface area (Å²) in [7, 11) is 0. The third-order valence-corrected chi connectivity index (χ3v) is 4.49. The summed E-state index contributed by atoms with van der Waals surface area (Å²) in [6.07, 6.45) is -3.80. The van der Waals surface area contributed by atoms with Gasteiger partial charge >= 0.3 is 18.2 Å². The molecule has 0 spiro atoms. The van der Waals surface area contributed by atoms with Gasteiger partial charge in [-0.05, 0) is 56.5 Å². The van der Waals surface area contributed by atoms with Crippen LogP contribution in [0, 0.1) is 0 Å². The average Bonchev–Trinajstić information content (AvgIpc) is 2.72. The zero-order valence-corrected chi connectivity index (χ0v) is 18.3. The first-order chi connectivity index (χ1) is 15.0. The summed E-state index contributed by atoms with van der Waals surface area (Å²) in [6.45, 7) is 6.74. The summed E-state index contributed by atoms with van der Waals surface area (Å²) in [6, 6.07) is 4.32. The number of hydrogen-bond acceptors (Lipinski definition) is 6. The van der Waals surface area contributed by atoms with E-state index < -0.39 is 35.9 Å². The molecule has 1 aromatic heterocycles. The lowest BCUT2D eigenvalue weighted by Gasteiger charge is -2.21. The van der Waals surface area contributed by atoms with Crippen LogP contribution in [0.3, 0.4) is 0 Å². The van der Waals surface area contributed by atoms with Gasteiger partial charge in [0.05, 0.1) is 24.1 Å². The molecular weight excluding hydrogens is 427 g/mol. The molecule has 0 fully saturated rings. The number of alkyl halides is 3. The second-order valence-corrected chi connectivity index (χ2v) is 7.37. The Hall–Kier alpha value is -3.17. The summed E-state index contributed by atoms with van der Waals surface area (Å²) in [5.41, 5.74) is 0.234. The first kappa shape index (κ1) is 25.1. The molecule has 174 valence electrons. The highest BCUT2D eigenvalue weighted by atomic mass is 19.4. The van der Waals surface area contributed by atoms with Crippen molar-refractivity contribution in [3.63, 3.8) is 0 Å². The summed E-state index contributed by atoms with van der Waals surface area (Å²) in [4.78, 5) is 32.7. The normalized spacial score (nSPS) is 13.4. The van der Waals surface area contributed by atoms with Crippen molar-refractivity contribution in [2.45, 2.75) is 65.0 Å². The SMILES string of the molecule is CCc1cc(C(F)(F)F)ccc1C(C)NC(=O)OC(CC(=O)OC(C)C)c1ncccn1. The standard InChI is InChI=1S/C22H26F3N3O4/c1-5-15-11-16(22(23,24)25)7-8-17(15)14(4)28-21(30)32-18(12-19(29)31-13(2)3)20-26-9-6-10-27-20/h6-11,13-14,18H,5,12H2,1-4H3,(H,28,30). The van der Waals surface area contributed by atoms with Crippen LogP contribution in [0.4, 0.5) is 18.0 Å². The van der Waals surface area contributed by atoms with Gasteiger partial charge in [0.2, 0.25) is 0 Å². The largest absolute Gasteiger partial charge is 0.463 e. The van der Waals surface area contributed by atoms with Gasteiger partial charge < -0.3 is 14.8 Å². The highest BCUT2D eigenvalue weighted by molar-refractivity contribution is 5.72. The van der Waals surface area contributed by atoms with Gasteiger partial charge in [0.25, 0.3) is 0 Å². The number of aryl methyl sites for hydroxylation is 1. The number of carbonyl (C=O) groups excluding carboxylic acids is 2. The highest BCUT2D eigenvalue weighted by Crippen LogP contribution is 2.32.